The van der Waals surface area contributed by atoms with Crippen molar-refractivity contribution in [1.29, 1.82) is 0 Å². The van der Waals surface area contributed by atoms with Crippen LogP contribution in [0, 0.1) is 12.8 Å². The van der Waals surface area contributed by atoms with E-state index in [0.29, 0.717) is 29.1 Å². The third-order valence-corrected chi connectivity index (χ3v) is 7.22. The topological polar surface area (TPSA) is 136 Å². The van der Waals surface area contributed by atoms with Crippen molar-refractivity contribution in [3.8, 4) is 11.1 Å². The first-order valence-electron chi connectivity index (χ1n) is 12.2. The molecule has 1 aliphatic heterocycles. The van der Waals surface area contributed by atoms with Gasteiger partial charge >= 0.3 is 0 Å². The number of nitrogens with one attached hydrogen (secondary N) is 1. The summed E-state index contributed by atoms with van der Waals surface area (Å²) in [5.74, 6) is 0.417. The Balaban J connectivity index is 1.27. The number of aryl methyl sites for hydroxylation is 1. The van der Waals surface area contributed by atoms with E-state index in [1.54, 1.807) is 17.3 Å². The number of likely N-dealkylation sites (tertiary alicyclic amines) is 1. The van der Waals surface area contributed by atoms with Gasteiger partial charge < -0.3 is 10.2 Å². The van der Waals surface area contributed by atoms with Gasteiger partial charge in [-0.3, -0.25) is 24.0 Å². The number of hydrogen-bond donors (Lipinski definition) is 1. The molecular weight excluding hydrogens is 508 g/mol. The summed E-state index contributed by atoms with van der Waals surface area (Å²) in [6.07, 6.45) is 7.68. The van der Waals surface area contributed by atoms with Crippen molar-refractivity contribution in [3.05, 3.63) is 59.7 Å². The Morgan fingerprint density at radius 3 is 2.61 bits per heavy atom. The Morgan fingerprint density at radius 1 is 1.08 bits per heavy atom. The Kier molecular flexibility index (Phi) is 5.87. The highest BCUT2D eigenvalue weighted by Crippen LogP contribution is 2.48. The highest BCUT2D eigenvalue weighted by atomic mass is 35.5. The van der Waals surface area contributed by atoms with E-state index in [0.717, 1.165) is 17.5 Å². The Hall–Kier alpha value is -4.25. The summed E-state index contributed by atoms with van der Waals surface area (Å²) >= 11 is 5.88. The highest BCUT2D eigenvalue weighted by molar-refractivity contribution is 6.29. The Labute approximate surface area is 222 Å². The third kappa shape index (κ3) is 4.38. The molecule has 11 nitrogen and oxygen atoms in total. The predicted molar refractivity (Wildman–Crippen MR) is 138 cm³/mol. The molecule has 12 heteroatoms. The SMILES string of the molecule is CC(=O)c1nn(CC(=O)N2[C@@H]3C[C@@H]3C[C@H]2C(=O)Nc2cncc(Cl)n2)c2ccc(-c3cnc(C)nc3)cc12. The molecule has 192 valence electrons. The van der Waals surface area contributed by atoms with Crippen LogP contribution in [0.15, 0.2) is 43.0 Å². The van der Waals surface area contributed by atoms with Gasteiger partial charge in [0.25, 0.3) is 0 Å². The first kappa shape index (κ1) is 24.1. The van der Waals surface area contributed by atoms with Crippen LogP contribution in [-0.4, -0.2) is 64.3 Å². The van der Waals surface area contributed by atoms with Crippen molar-refractivity contribution in [1.82, 2.24) is 34.6 Å². The van der Waals surface area contributed by atoms with Gasteiger partial charge in [0.15, 0.2) is 11.6 Å². The molecule has 3 aromatic heterocycles. The van der Waals surface area contributed by atoms with Crippen molar-refractivity contribution in [2.24, 2.45) is 5.92 Å². The van der Waals surface area contributed by atoms with Gasteiger partial charge in [0.1, 0.15) is 29.3 Å². The molecule has 0 radical (unpaired) electrons. The van der Waals surface area contributed by atoms with Crippen LogP contribution in [0.25, 0.3) is 22.0 Å². The minimum atomic E-state index is -0.630. The maximum atomic E-state index is 13.6. The van der Waals surface area contributed by atoms with Crippen molar-refractivity contribution < 1.29 is 14.4 Å². The second kappa shape index (κ2) is 9.25. The second-order valence-electron chi connectivity index (χ2n) is 9.65. The summed E-state index contributed by atoms with van der Waals surface area (Å²) in [4.78, 5) is 57.2. The Bertz CT molecular complexity index is 1600. The largest absolute Gasteiger partial charge is 0.326 e. The molecule has 38 heavy (non-hydrogen) atoms. The summed E-state index contributed by atoms with van der Waals surface area (Å²) in [5.41, 5.74) is 2.59. The van der Waals surface area contributed by atoms with E-state index in [1.165, 1.54) is 24.0 Å². The number of rotatable bonds is 6. The molecule has 4 aromatic rings. The summed E-state index contributed by atoms with van der Waals surface area (Å²) in [7, 11) is 0. The zero-order valence-electron chi connectivity index (χ0n) is 20.6. The lowest BCUT2D eigenvalue weighted by Gasteiger charge is -2.26. The summed E-state index contributed by atoms with van der Waals surface area (Å²) < 4.78 is 1.54. The summed E-state index contributed by atoms with van der Waals surface area (Å²) in [6.45, 7) is 3.16. The number of benzene rings is 1. The smallest absolute Gasteiger partial charge is 0.248 e. The number of fused-ring (bicyclic) bond motifs is 2. The number of anilines is 1. The number of nitrogens with zero attached hydrogens (tertiary/aromatic N) is 7. The normalized spacial score (nSPS) is 19.9. The number of hydrogen-bond acceptors (Lipinski definition) is 8. The first-order valence-corrected chi connectivity index (χ1v) is 12.6. The van der Waals surface area contributed by atoms with Gasteiger partial charge in [-0.25, -0.2) is 15.0 Å². The zero-order chi connectivity index (χ0) is 26.6. The minimum absolute atomic E-state index is 0.0194. The van der Waals surface area contributed by atoms with Crippen LogP contribution in [0.3, 0.4) is 0 Å². The fourth-order valence-electron chi connectivity index (χ4n) is 5.15. The monoisotopic (exact) mass is 530 g/mol. The molecule has 0 bridgehead atoms. The molecule has 4 heterocycles. The van der Waals surface area contributed by atoms with Crippen molar-refractivity contribution in [2.75, 3.05) is 5.32 Å². The molecule has 0 unspecified atom stereocenters. The van der Waals surface area contributed by atoms with Gasteiger partial charge in [-0.05, 0) is 43.4 Å². The van der Waals surface area contributed by atoms with Gasteiger partial charge in [-0.15, -0.1) is 0 Å². The second-order valence-corrected chi connectivity index (χ2v) is 10.0. The van der Waals surface area contributed by atoms with Crippen LogP contribution in [-0.2, 0) is 16.1 Å². The van der Waals surface area contributed by atoms with Crippen LogP contribution < -0.4 is 5.32 Å². The molecule has 1 aromatic carbocycles. The predicted octanol–water partition coefficient (Wildman–Crippen LogP) is 3.08. The number of piperidine rings is 1. The molecule has 6 rings (SSSR count). The minimum Gasteiger partial charge on any atom is -0.326 e. The van der Waals surface area contributed by atoms with Crippen LogP contribution in [0.5, 0.6) is 0 Å². The molecule has 1 saturated carbocycles. The highest BCUT2D eigenvalue weighted by Gasteiger charge is 2.56. The van der Waals surface area contributed by atoms with Crippen LogP contribution in [0.4, 0.5) is 5.82 Å². The van der Waals surface area contributed by atoms with Gasteiger partial charge in [0.2, 0.25) is 11.8 Å². The number of halogens is 1. The number of amides is 2. The Morgan fingerprint density at radius 2 is 1.87 bits per heavy atom. The molecule has 1 aliphatic carbocycles. The van der Waals surface area contributed by atoms with Gasteiger partial charge in [-0.1, -0.05) is 17.7 Å². The first-order chi connectivity index (χ1) is 18.3. The number of Topliss-reactive ketones (excluding diaryl/α,β-unsaturated/α-hetero) is 1. The lowest BCUT2D eigenvalue weighted by Crippen LogP contribution is -2.46. The van der Waals surface area contributed by atoms with E-state index in [4.69, 9.17) is 11.6 Å². The van der Waals surface area contributed by atoms with E-state index < -0.39 is 6.04 Å². The standard InChI is InChI=1S/C26H23ClN8O3/c1-13(36)25-18-5-15(17-8-29-14(2)30-9-17)3-4-19(18)34(33-25)12-24(37)35-20-6-16(20)7-21(35)26(38)32-23-11-28-10-22(27)31-23/h3-5,8-11,16,20-21H,6-7,12H2,1-2H3,(H,31,32,38)/t16-,20-,21+/m1/s1. The van der Waals surface area contributed by atoms with E-state index >= 15 is 0 Å². The quantitative estimate of drug-likeness (QED) is 0.376. The van der Waals surface area contributed by atoms with Crippen molar-refractivity contribution in [3.63, 3.8) is 0 Å². The number of carbonyl (C=O) groups is 3. The van der Waals surface area contributed by atoms with Crippen LogP contribution in [0.2, 0.25) is 5.15 Å². The van der Waals surface area contributed by atoms with E-state index in [2.05, 4.69) is 30.4 Å². The lowest BCUT2D eigenvalue weighted by molar-refractivity contribution is -0.138. The number of ketones is 1. The molecule has 2 amide bonds. The van der Waals surface area contributed by atoms with Crippen molar-refractivity contribution in [2.45, 2.75) is 45.3 Å². The average Bonchev–Trinajstić information content (AvgIpc) is 3.39. The summed E-state index contributed by atoms with van der Waals surface area (Å²) in [6, 6.07) is 4.98. The van der Waals surface area contributed by atoms with Gasteiger partial charge in [0.05, 0.1) is 17.9 Å². The number of aromatic nitrogens is 6. The molecule has 2 fully saturated rings. The number of carbonyl (C=O) groups excluding carboxylic acids is 3. The molecule has 0 spiro atoms. The maximum Gasteiger partial charge on any atom is 0.248 e. The zero-order valence-corrected chi connectivity index (χ0v) is 21.4. The summed E-state index contributed by atoms with van der Waals surface area (Å²) in [5, 5.41) is 8.01. The third-order valence-electron chi connectivity index (χ3n) is 7.03. The average molecular weight is 531 g/mol. The lowest BCUT2D eigenvalue weighted by atomic mass is 10.0. The fourth-order valence-corrected chi connectivity index (χ4v) is 5.30. The van der Waals surface area contributed by atoms with Crippen molar-refractivity contribution >= 4 is 45.9 Å². The van der Waals surface area contributed by atoms with Gasteiger partial charge in [-0.2, -0.15) is 5.10 Å². The molecule has 3 atom stereocenters. The molecule has 2 aliphatic rings. The van der Waals surface area contributed by atoms with E-state index in [-0.39, 0.29) is 46.8 Å². The van der Waals surface area contributed by atoms with Crippen LogP contribution >= 0.6 is 11.6 Å². The van der Waals surface area contributed by atoms with E-state index in [1.807, 2.05) is 25.1 Å². The van der Waals surface area contributed by atoms with E-state index in [9.17, 15) is 14.4 Å². The van der Waals surface area contributed by atoms with Crippen LogP contribution in [0.1, 0.15) is 36.1 Å². The molecule has 1 N–H and O–H groups in total. The van der Waals surface area contributed by atoms with Gasteiger partial charge in [0, 0.05) is 36.3 Å². The molecular formula is C26H23ClN8O3. The fraction of sp³-hybridized carbons (Fsp3) is 0.308. The maximum absolute atomic E-state index is 13.6. The molecule has 1 saturated heterocycles.